The summed E-state index contributed by atoms with van der Waals surface area (Å²) in [4.78, 5) is 12.2. The number of nitrogens with one attached hydrogen (secondary N) is 1. The normalized spacial score (nSPS) is 13.2. The van der Waals surface area contributed by atoms with E-state index in [1.54, 1.807) is 6.26 Å². The molecular formula is C10H20N2O2S2. The van der Waals surface area contributed by atoms with Crippen molar-refractivity contribution in [1.82, 2.24) is 5.32 Å². The molecule has 0 aromatic rings. The zero-order valence-electron chi connectivity index (χ0n) is 10.0. The van der Waals surface area contributed by atoms with Crippen molar-refractivity contribution in [2.45, 2.75) is 26.7 Å². The van der Waals surface area contributed by atoms with Gasteiger partial charge in [-0.25, -0.2) is 0 Å². The van der Waals surface area contributed by atoms with Gasteiger partial charge in [0.2, 0.25) is 5.91 Å². The van der Waals surface area contributed by atoms with Gasteiger partial charge in [-0.2, -0.15) is 0 Å². The van der Waals surface area contributed by atoms with Crippen LogP contribution in [0.1, 0.15) is 26.7 Å². The predicted molar refractivity (Wildman–Crippen MR) is 71.7 cm³/mol. The third kappa shape index (κ3) is 3.83. The first-order valence-electron chi connectivity index (χ1n) is 5.29. The van der Waals surface area contributed by atoms with Crippen molar-refractivity contribution in [1.29, 1.82) is 0 Å². The fourth-order valence-corrected chi connectivity index (χ4v) is 2.28. The third-order valence-electron chi connectivity index (χ3n) is 2.79. The van der Waals surface area contributed by atoms with Crippen LogP contribution in [0.15, 0.2) is 0 Å². The first-order chi connectivity index (χ1) is 7.40. The van der Waals surface area contributed by atoms with Gasteiger partial charge < -0.3 is 11.1 Å². The smallest absolute Gasteiger partial charge is 0.233 e. The van der Waals surface area contributed by atoms with Crippen molar-refractivity contribution < 1.29 is 9.00 Å². The average Bonchev–Trinajstić information content (AvgIpc) is 2.19. The van der Waals surface area contributed by atoms with Gasteiger partial charge in [0.15, 0.2) is 0 Å². The number of rotatable bonds is 7. The molecule has 16 heavy (non-hydrogen) atoms. The van der Waals surface area contributed by atoms with Crippen LogP contribution in [0.3, 0.4) is 0 Å². The Morgan fingerprint density at radius 1 is 1.44 bits per heavy atom. The Labute approximate surface area is 105 Å². The minimum absolute atomic E-state index is 0.157. The van der Waals surface area contributed by atoms with Crippen LogP contribution in [0.25, 0.3) is 0 Å². The molecule has 4 nitrogen and oxygen atoms in total. The largest absolute Gasteiger partial charge is 0.392 e. The molecular weight excluding hydrogens is 244 g/mol. The summed E-state index contributed by atoms with van der Waals surface area (Å²) in [6.07, 6.45) is 2.77. The maximum absolute atomic E-state index is 12.0. The highest BCUT2D eigenvalue weighted by Gasteiger charge is 2.37. The molecule has 0 aromatic carbocycles. The van der Waals surface area contributed by atoms with Crippen LogP contribution >= 0.6 is 12.2 Å². The molecule has 1 amide bonds. The van der Waals surface area contributed by atoms with E-state index in [0.717, 1.165) is 0 Å². The molecule has 0 saturated carbocycles. The maximum Gasteiger partial charge on any atom is 0.233 e. The van der Waals surface area contributed by atoms with Gasteiger partial charge in [-0.05, 0) is 12.8 Å². The second-order valence-corrected chi connectivity index (χ2v) is 5.68. The molecule has 1 unspecified atom stereocenters. The van der Waals surface area contributed by atoms with E-state index >= 15 is 0 Å². The molecule has 0 rings (SSSR count). The molecule has 0 bridgehead atoms. The van der Waals surface area contributed by atoms with E-state index in [4.69, 9.17) is 18.0 Å². The van der Waals surface area contributed by atoms with E-state index in [0.29, 0.717) is 25.1 Å². The Bertz CT molecular complexity index is 289. The molecule has 0 fully saturated rings. The molecule has 94 valence electrons. The van der Waals surface area contributed by atoms with Crippen molar-refractivity contribution in [3.63, 3.8) is 0 Å². The summed E-state index contributed by atoms with van der Waals surface area (Å²) in [7, 11) is -0.902. The number of thiocarbonyl (C=S) groups is 1. The summed E-state index contributed by atoms with van der Waals surface area (Å²) in [5.41, 5.74) is 4.88. The van der Waals surface area contributed by atoms with E-state index < -0.39 is 16.2 Å². The zero-order chi connectivity index (χ0) is 12.8. The van der Waals surface area contributed by atoms with Crippen LogP contribution in [0, 0.1) is 5.41 Å². The number of carbonyl (C=O) groups is 1. The molecule has 3 N–H and O–H groups in total. The fraction of sp³-hybridized carbons (Fsp3) is 0.800. The Hall–Kier alpha value is -0.490. The second kappa shape index (κ2) is 6.96. The number of carbonyl (C=O) groups excluding carboxylic acids is 1. The summed E-state index contributed by atoms with van der Waals surface area (Å²) >= 11 is 4.96. The van der Waals surface area contributed by atoms with Crippen LogP contribution in [-0.2, 0) is 15.6 Å². The van der Waals surface area contributed by atoms with Gasteiger partial charge in [0.05, 0.1) is 10.4 Å². The van der Waals surface area contributed by atoms with Crippen molar-refractivity contribution in [2.75, 3.05) is 18.6 Å². The summed E-state index contributed by atoms with van der Waals surface area (Å²) < 4.78 is 10.9. The van der Waals surface area contributed by atoms with E-state index in [9.17, 15) is 9.00 Å². The lowest BCUT2D eigenvalue weighted by molar-refractivity contribution is -0.127. The van der Waals surface area contributed by atoms with Crippen LogP contribution in [-0.4, -0.2) is 33.7 Å². The lowest BCUT2D eigenvalue weighted by Crippen LogP contribution is -2.49. The quantitative estimate of drug-likeness (QED) is 0.660. The Morgan fingerprint density at radius 2 is 1.94 bits per heavy atom. The predicted octanol–water partition coefficient (Wildman–Crippen LogP) is 0.574. The first-order valence-corrected chi connectivity index (χ1v) is 7.42. The topological polar surface area (TPSA) is 72.2 Å². The van der Waals surface area contributed by atoms with Crippen LogP contribution in [0.4, 0.5) is 0 Å². The fourth-order valence-electron chi connectivity index (χ4n) is 1.51. The number of nitrogens with two attached hydrogens (primary N) is 1. The SMILES string of the molecule is CCC(CC)(C(=O)NCCS(C)=O)C(N)=S. The summed E-state index contributed by atoms with van der Waals surface area (Å²) in [5.74, 6) is 0.294. The van der Waals surface area contributed by atoms with Gasteiger partial charge in [-0.15, -0.1) is 0 Å². The van der Waals surface area contributed by atoms with Crippen molar-refractivity contribution >= 4 is 33.9 Å². The second-order valence-electron chi connectivity index (χ2n) is 3.69. The van der Waals surface area contributed by atoms with Crippen molar-refractivity contribution in [3.8, 4) is 0 Å². The summed E-state index contributed by atoms with van der Waals surface area (Å²) in [6.45, 7) is 4.17. The minimum atomic E-state index is -0.902. The summed E-state index contributed by atoms with van der Waals surface area (Å²) in [5, 5.41) is 2.74. The standard InChI is InChI=1S/C10H20N2O2S2/c1-4-10(5-2,8(11)15)9(13)12-6-7-16(3)14/h4-7H2,1-3H3,(H2,11,15)(H,12,13). The highest BCUT2D eigenvalue weighted by atomic mass is 32.2. The molecule has 0 heterocycles. The molecule has 0 aliphatic carbocycles. The molecule has 0 spiro atoms. The lowest BCUT2D eigenvalue weighted by atomic mass is 9.81. The highest BCUT2D eigenvalue weighted by molar-refractivity contribution is 7.84. The van der Waals surface area contributed by atoms with Gasteiger partial charge in [0, 0.05) is 29.4 Å². The maximum atomic E-state index is 12.0. The van der Waals surface area contributed by atoms with E-state index in [1.807, 2.05) is 13.8 Å². The Kier molecular flexibility index (Phi) is 6.74. The van der Waals surface area contributed by atoms with Crippen molar-refractivity contribution in [3.05, 3.63) is 0 Å². The molecule has 0 aliphatic heterocycles. The zero-order valence-corrected chi connectivity index (χ0v) is 11.7. The van der Waals surface area contributed by atoms with Gasteiger partial charge in [0.25, 0.3) is 0 Å². The van der Waals surface area contributed by atoms with Gasteiger partial charge in [-0.1, -0.05) is 26.1 Å². The molecule has 6 heteroatoms. The Balaban J connectivity index is 4.51. The lowest BCUT2D eigenvalue weighted by Gasteiger charge is -2.28. The van der Waals surface area contributed by atoms with Crippen LogP contribution in [0.5, 0.6) is 0 Å². The van der Waals surface area contributed by atoms with E-state index in [2.05, 4.69) is 5.32 Å². The number of amides is 1. The monoisotopic (exact) mass is 264 g/mol. The van der Waals surface area contributed by atoms with Gasteiger partial charge in [0.1, 0.15) is 0 Å². The summed E-state index contributed by atoms with van der Waals surface area (Å²) in [6, 6.07) is 0. The molecule has 0 aliphatic rings. The Morgan fingerprint density at radius 3 is 2.25 bits per heavy atom. The third-order valence-corrected chi connectivity index (χ3v) is 3.96. The van der Waals surface area contributed by atoms with Crippen LogP contribution < -0.4 is 11.1 Å². The molecule has 0 saturated heterocycles. The molecule has 0 aromatic heterocycles. The highest BCUT2D eigenvalue weighted by Crippen LogP contribution is 2.26. The average molecular weight is 264 g/mol. The molecule has 1 atom stereocenters. The molecule has 0 radical (unpaired) electrons. The van der Waals surface area contributed by atoms with Gasteiger partial charge in [-0.3, -0.25) is 9.00 Å². The number of hydrogen-bond acceptors (Lipinski definition) is 3. The van der Waals surface area contributed by atoms with E-state index in [-0.39, 0.29) is 10.9 Å². The van der Waals surface area contributed by atoms with Crippen molar-refractivity contribution in [2.24, 2.45) is 11.1 Å². The van der Waals surface area contributed by atoms with Crippen LogP contribution in [0.2, 0.25) is 0 Å². The van der Waals surface area contributed by atoms with E-state index in [1.165, 1.54) is 0 Å². The first kappa shape index (κ1) is 15.5. The van der Waals surface area contributed by atoms with Gasteiger partial charge >= 0.3 is 0 Å². The minimum Gasteiger partial charge on any atom is -0.392 e. The number of hydrogen-bond donors (Lipinski definition) is 2.